The Hall–Kier alpha value is -2.15. The molecule has 1 aromatic carbocycles. The van der Waals surface area contributed by atoms with Gasteiger partial charge in [0.2, 0.25) is 11.8 Å². The summed E-state index contributed by atoms with van der Waals surface area (Å²) < 4.78 is 15.3. The fourth-order valence-electron chi connectivity index (χ4n) is 2.39. The molecule has 0 aliphatic carbocycles. The standard InChI is InChI=1S/C19H14ClFN2OS2/c20-16-9-8-15(26-16)18(24)17(23-10-2-1-3-11-23)19(25)22-12-13-4-6-14(21)7-5-13/h1-11,17H,12H2/t17-/m0/s1. The van der Waals surface area contributed by atoms with Gasteiger partial charge in [0.15, 0.2) is 12.4 Å². The van der Waals surface area contributed by atoms with Crippen LogP contribution in [0.15, 0.2) is 72.0 Å². The maximum absolute atomic E-state index is 13.0. The number of hydrogen-bond donors (Lipinski definition) is 0. The highest BCUT2D eigenvalue weighted by atomic mass is 35.5. The zero-order valence-electron chi connectivity index (χ0n) is 13.5. The molecule has 0 aliphatic heterocycles. The topological polar surface area (TPSA) is 33.3 Å². The molecule has 3 nitrogen and oxygen atoms in total. The molecular formula is C19H14ClFN2OS2. The van der Waals surface area contributed by atoms with Crippen LogP contribution in [0.2, 0.25) is 4.34 Å². The van der Waals surface area contributed by atoms with E-state index in [0.717, 1.165) is 5.56 Å². The third-order valence-electron chi connectivity index (χ3n) is 3.67. The number of hydrogen-bond acceptors (Lipinski definition) is 4. The fourth-order valence-corrected chi connectivity index (χ4v) is 3.69. The Balaban J connectivity index is 1.90. The summed E-state index contributed by atoms with van der Waals surface area (Å²) in [6.07, 6.45) is 3.55. The van der Waals surface area contributed by atoms with E-state index in [1.165, 1.54) is 23.5 Å². The number of benzene rings is 1. The van der Waals surface area contributed by atoms with Crippen LogP contribution in [0.25, 0.3) is 0 Å². The first-order valence-electron chi connectivity index (χ1n) is 7.76. The molecule has 0 saturated heterocycles. The fraction of sp³-hybridized carbons (Fsp3) is 0.105. The Morgan fingerprint density at radius 1 is 1.15 bits per heavy atom. The van der Waals surface area contributed by atoms with Crippen molar-refractivity contribution in [2.45, 2.75) is 12.6 Å². The van der Waals surface area contributed by atoms with Crippen molar-refractivity contribution < 1.29 is 13.8 Å². The first kappa shape index (κ1) is 18.6. The van der Waals surface area contributed by atoms with Crippen molar-refractivity contribution in [3.05, 3.63) is 87.6 Å². The van der Waals surface area contributed by atoms with E-state index >= 15 is 0 Å². The smallest absolute Gasteiger partial charge is 0.244 e. The average molecular weight is 405 g/mol. The van der Waals surface area contributed by atoms with Crippen LogP contribution in [0, 0.1) is 5.82 Å². The van der Waals surface area contributed by atoms with Crippen LogP contribution in [0.5, 0.6) is 0 Å². The van der Waals surface area contributed by atoms with Crippen molar-refractivity contribution >= 4 is 46.4 Å². The maximum Gasteiger partial charge on any atom is 0.244 e. The van der Waals surface area contributed by atoms with Gasteiger partial charge in [0.25, 0.3) is 0 Å². The first-order chi connectivity index (χ1) is 12.5. The molecule has 0 radical (unpaired) electrons. The predicted molar refractivity (Wildman–Crippen MR) is 104 cm³/mol. The van der Waals surface area contributed by atoms with Crippen LogP contribution in [-0.2, 0) is 19.2 Å². The zero-order valence-corrected chi connectivity index (χ0v) is 15.9. The summed E-state index contributed by atoms with van der Waals surface area (Å²) in [6, 6.07) is 14.2. The van der Waals surface area contributed by atoms with Gasteiger partial charge < -0.3 is 17.6 Å². The van der Waals surface area contributed by atoms with E-state index in [0.29, 0.717) is 9.21 Å². The molecule has 26 heavy (non-hydrogen) atoms. The quantitative estimate of drug-likeness (QED) is 0.200. The van der Waals surface area contributed by atoms with Crippen LogP contribution in [0.4, 0.5) is 4.39 Å². The predicted octanol–water partition coefficient (Wildman–Crippen LogP) is 4.40. The average Bonchev–Trinajstić information content (AvgIpc) is 3.09. The summed E-state index contributed by atoms with van der Waals surface area (Å²) in [7, 11) is 0. The Labute approximate surface area is 165 Å². The van der Waals surface area contributed by atoms with Crippen molar-refractivity contribution in [2.75, 3.05) is 0 Å². The van der Waals surface area contributed by atoms with Crippen LogP contribution < -0.4 is 4.57 Å². The number of carbonyl (C=O) groups is 1. The maximum atomic E-state index is 13.0. The number of rotatable bonds is 6. The van der Waals surface area contributed by atoms with E-state index in [4.69, 9.17) is 24.2 Å². The van der Waals surface area contributed by atoms with Gasteiger partial charge >= 0.3 is 0 Å². The number of Topliss-reactive ketones (excluding diaryl/α,β-unsaturated/α-hetero) is 1. The van der Waals surface area contributed by atoms with Crippen molar-refractivity contribution in [2.24, 2.45) is 4.99 Å². The van der Waals surface area contributed by atoms with Gasteiger partial charge in [-0.15, -0.1) is 11.3 Å². The number of aliphatic imine (C=N–C) groups is 1. The lowest BCUT2D eigenvalue weighted by molar-refractivity contribution is -0.691. The second kappa shape index (κ2) is 8.49. The summed E-state index contributed by atoms with van der Waals surface area (Å²) >= 11 is 12.6. The van der Waals surface area contributed by atoms with Crippen LogP contribution >= 0.6 is 22.9 Å². The van der Waals surface area contributed by atoms with Gasteiger partial charge in [-0.25, -0.2) is 4.39 Å². The third kappa shape index (κ3) is 4.52. The molecule has 0 saturated carbocycles. The number of thiophene rings is 1. The molecular weight excluding hydrogens is 391 g/mol. The summed E-state index contributed by atoms with van der Waals surface area (Å²) in [6.45, 7) is 0.279. The van der Waals surface area contributed by atoms with Gasteiger partial charge in [0, 0.05) is 12.1 Å². The van der Waals surface area contributed by atoms with E-state index in [1.807, 2.05) is 18.2 Å². The van der Waals surface area contributed by atoms with Gasteiger partial charge in [-0.05, 0) is 34.9 Å². The normalized spacial score (nSPS) is 12.8. The number of ketones is 1. The number of nitrogens with zero attached hydrogens (tertiary/aromatic N) is 2. The van der Waals surface area contributed by atoms with Crippen molar-refractivity contribution in [1.29, 1.82) is 0 Å². The molecule has 3 rings (SSSR count). The molecule has 0 unspecified atom stereocenters. The van der Waals surface area contributed by atoms with Crippen LogP contribution in [0.3, 0.4) is 0 Å². The lowest BCUT2D eigenvalue weighted by atomic mass is 10.1. The van der Waals surface area contributed by atoms with E-state index in [9.17, 15) is 9.18 Å². The highest BCUT2D eigenvalue weighted by Gasteiger charge is 2.29. The molecule has 2 heterocycles. The summed E-state index contributed by atoms with van der Waals surface area (Å²) in [4.78, 5) is 17.9. The molecule has 0 spiro atoms. The Morgan fingerprint density at radius 3 is 2.46 bits per heavy atom. The Morgan fingerprint density at radius 2 is 1.85 bits per heavy atom. The lowest BCUT2D eigenvalue weighted by Crippen LogP contribution is -2.47. The van der Waals surface area contributed by atoms with E-state index < -0.39 is 6.04 Å². The summed E-state index contributed by atoms with van der Waals surface area (Å²) in [5.74, 6) is -0.468. The third-order valence-corrected chi connectivity index (χ3v) is 5.26. The minimum atomic E-state index is -0.735. The van der Waals surface area contributed by atoms with Crippen molar-refractivity contribution in [3.8, 4) is 0 Å². The molecule has 1 atom stereocenters. The highest BCUT2D eigenvalue weighted by Crippen LogP contribution is 2.24. The number of carbonyl (C=O) groups excluding carboxylic acids is 1. The number of aromatic nitrogens is 1. The summed E-state index contributed by atoms with van der Waals surface area (Å²) in [5.41, 5.74) is 0.817. The molecule has 0 N–H and O–H groups in total. The lowest BCUT2D eigenvalue weighted by Gasteiger charge is -2.18. The van der Waals surface area contributed by atoms with E-state index in [2.05, 4.69) is 4.99 Å². The van der Waals surface area contributed by atoms with Crippen LogP contribution in [-0.4, -0.2) is 10.8 Å². The molecule has 0 aliphatic rings. The largest absolute Gasteiger partial charge is 0.758 e. The van der Waals surface area contributed by atoms with Crippen LogP contribution in [0.1, 0.15) is 21.3 Å². The Bertz CT molecular complexity index is 926. The minimum Gasteiger partial charge on any atom is -0.758 e. The Kier molecular flexibility index (Phi) is 6.08. The van der Waals surface area contributed by atoms with Gasteiger partial charge in [0.1, 0.15) is 5.82 Å². The number of halogens is 2. The monoisotopic (exact) mass is 404 g/mol. The molecule has 7 heteroatoms. The van der Waals surface area contributed by atoms with E-state index in [-0.39, 0.29) is 23.2 Å². The zero-order chi connectivity index (χ0) is 18.5. The number of pyridine rings is 1. The molecule has 0 amide bonds. The highest BCUT2D eigenvalue weighted by molar-refractivity contribution is 7.77. The van der Waals surface area contributed by atoms with Gasteiger partial charge in [-0.3, -0.25) is 4.79 Å². The van der Waals surface area contributed by atoms with Crippen molar-refractivity contribution in [1.82, 2.24) is 0 Å². The SMILES string of the molecule is O=C(c1ccc(Cl)s1)[C@@H](C([S-])=NCc1ccc(F)cc1)[n+]1ccccc1. The van der Waals surface area contributed by atoms with Gasteiger partial charge in [0.05, 0.1) is 15.8 Å². The molecule has 3 aromatic rings. The van der Waals surface area contributed by atoms with E-state index in [1.54, 1.807) is 41.2 Å². The molecule has 0 fully saturated rings. The molecule has 0 bridgehead atoms. The van der Waals surface area contributed by atoms with Gasteiger partial charge in [-0.2, -0.15) is 4.57 Å². The minimum absolute atomic E-state index is 0.161. The van der Waals surface area contributed by atoms with Crippen molar-refractivity contribution in [3.63, 3.8) is 0 Å². The molecule has 2 aromatic heterocycles. The molecule has 132 valence electrons. The second-order valence-electron chi connectivity index (χ2n) is 5.47. The summed E-state index contributed by atoms with van der Waals surface area (Å²) in [5, 5.41) is 0.264. The second-order valence-corrected chi connectivity index (χ2v) is 7.61. The first-order valence-corrected chi connectivity index (χ1v) is 9.36. The van der Waals surface area contributed by atoms with Gasteiger partial charge in [-0.1, -0.05) is 29.8 Å².